The predicted molar refractivity (Wildman–Crippen MR) is 78.8 cm³/mol. The number of rotatable bonds is 5. The van der Waals surface area contributed by atoms with E-state index in [1.807, 2.05) is 0 Å². The lowest BCUT2D eigenvalue weighted by atomic mass is 10.0. The minimum atomic E-state index is -1.06. The number of carbonyl (C=O) groups is 2. The Morgan fingerprint density at radius 2 is 1.91 bits per heavy atom. The molecular weight excluding hydrogens is 288 g/mol. The molecule has 1 aliphatic heterocycles. The largest absolute Gasteiger partial charge is 0.454 e. The van der Waals surface area contributed by atoms with Crippen molar-refractivity contribution in [3.05, 3.63) is 23.8 Å². The van der Waals surface area contributed by atoms with Gasteiger partial charge in [-0.05, 0) is 32.0 Å². The third kappa shape index (κ3) is 3.05. The fourth-order valence-electron chi connectivity index (χ4n) is 2.10. The quantitative estimate of drug-likeness (QED) is 0.751. The second kappa shape index (κ2) is 6.33. The zero-order valence-electron chi connectivity index (χ0n) is 12.8. The van der Waals surface area contributed by atoms with Gasteiger partial charge in [-0.2, -0.15) is 0 Å². The van der Waals surface area contributed by atoms with Crippen molar-refractivity contribution in [1.82, 2.24) is 4.90 Å². The summed E-state index contributed by atoms with van der Waals surface area (Å²) in [5.74, 6) is 0.362. The molecule has 1 amide bonds. The van der Waals surface area contributed by atoms with Gasteiger partial charge in [0.05, 0.1) is 12.1 Å². The topological polar surface area (TPSA) is 102 Å². The second-order valence-corrected chi connectivity index (χ2v) is 5.32. The first-order valence-corrected chi connectivity index (χ1v) is 6.97. The fourth-order valence-corrected chi connectivity index (χ4v) is 2.10. The van der Waals surface area contributed by atoms with Gasteiger partial charge in [-0.15, -0.1) is 0 Å². The molecule has 120 valence electrons. The number of ketones is 1. The Morgan fingerprint density at radius 3 is 2.55 bits per heavy atom. The molecule has 22 heavy (non-hydrogen) atoms. The summed E-state index contributed by atoms with van der Waals surface area (Å²) in [6, 6.07) is 3.11. The molecule has 0 aromatic heterocycles. The summed E-state index contributed by atoms with van der Waals surface area (Å²) >= 11 is 0. The van der Waals surface area contributed by atoms with Crippen molar-refractivity contribution in [3.63, 3.8) is 0 Å². The van der Waals surface area contributed by atoms with E-state index >= 15 is 0 Å². The van der Waals surface area contributed by atoms with E-state index in [0.29, 0.717) is 17.1 Å². The number of amides is 1. The van der Waals surface area contributed by atoms with Crippen LogP contribution in [0.5, 0.6) is 11.5 Å². The molecule has 0 saturated carbocycles. The van der Waals surface area contributed by atoms with Crippen LogP contribution in [0.25, 0.3) is 0 Å². The van der Waals surface area contributed by atoms with Crippen molar-refractivity contribution in [2.45, 2.75) is 32.0 Å². The molecule has 1 aromatic rings. The van der Waals surface area contributed by atoms with Crippen molar-refractivity contribution in [2.75, 3.05) is 13.8 Å². The first-order valence-electron chi connectivity index (χ1n) is 6.97. The second-order valence-electron chi connectivity index (χ2n) is 5.32. The zero-order valence-corrected chi connectivity index (χ0v) is 12.8. The molecule has 1 aliphatic rings. The monoisotopic (exact) mass is 308 g/mol. The number of benzene rings is 1. The van der Waals surface area contributed by atoms with E-state index in [0.717, 1.165) is 0 Å². The Balaban J connectivity index is 2.13. The van der Waals surface area contributed by atoms with Crippen molar-refractivity contribution in [3.8, 4) is 11.5 Å². The first-order chi connectivity index (χ1) is 10.3. The number of Topliss-reactive ketones (excluding diaryl/α,β-unsaturated/α-hetero) is 1. The van der Waals surface area contributed by atoms with Gasteiger partial charge in [0.1, 0.15) is 6.04 Å². The van der Waals surface area contributed by atoms with Crippen molar-refractivity contribution < 1.29 is 24.2 Å². The van der Waals surface area contributed by atoms with Gasteiger partial charge in [0.25, 0.3) is 0 Å². The van der Waals surface area contributed by atoms with Crippen LogP contribution in [-0.4, -0.2) is 53.7 Å². The van der Waals surface area contributed by atoms with Crippen LogP contribution in [0.4, 0.5) is 0 Å². The van der Waals surface area contributed by atoms with Gasteiger partial charge in [-0.25, -0.2) is 0 Å². The Kier molecular flexibility index (Phi) is 4.68. The van der Waals surface area contributed by atoms with Gasteiger partial charge >= 0.3 is 0 Å². The Labute approximate surface area is 128 Å². The van der Waals surface area contributed by atoms with Crippen LogP contribution in [0.1, 0.15) is 24.2 Å². The van der Waals surface area contributed by atoms with E-state index in [1.54, 1.807) is 25.1 Å². The predicted octanol–water partition coefficient (Wildman–Crippen LogP) is 0.153. The number of carbonyl (C=O) groups excluding carboxylic acids is 2. The van der Waals surface area contributed by atoms with Crippen LogP contribution in [0.2, 0.25) is 0 Å². The SMILES string of the molecule is CC(C(=O)c1ccc2c(c1)OCO2)N(C)C(=O)[C@@H](N)[C@@H](C)O. The number of nitrogens with two attached hydrogens (primary N) is 1. The number of aliphatic hydroxyl groups excluding tert-OH is 1. The molecule has 1 unspecified atom stereocenters. The van der Waals surface area contributed by atoms with Crippen molar-refractivity contribution in [1.29, 1.82) is 0 Å². The highest BCUT2D eigenvalue weighted by atomic mass is 16.7. The third-order valence-corrected chi connectivity index (χ3v) is 3.77. The third-order valence-electron chi connectivity index (χ3n) is 3.77. The van der Waals surface area contributed by atoms with Crippen LogP contribution < -0.4 is 15.2 Å². The molecule has 0 saturated heterocycles. The molecule has 0 aliphatic carbocycles. The van der Waals surface area contributed by atoms with Gasteiger partial charge in [0, 0.05) is 12.6 Å². The number of aliphatic hydroxyl groups is 1. The minimum Gasteiger partial charge on any atom is -0.454 e. The summed E-state index contributed by atoms with van der Waals surface area (Å²) in [6.45, 7) is 3.17. The lowest BCUT2D eigenvalue weighted by Gasteiger charge is -2.27. The van der Waals surface area contributed by atoms with Crippen LogP contribution >= 0.6 is 0 Å². The summed E-state index contributed by atoms with van der Waals surface area (Å²) in [5, 5.41) is 9.40. The molecule has 7 nitrogen and oxygen atoms in total. The number of hydrogen-bond donors (Lipinski definition) is 2. The Bertz CT molecular complexity index is 587. The maximum absolute atomic E-state index is 12.5. The zero-order chi connectivity index (χ0) is 16.4. The van der Waals surface area contributed by atoms with Gasteiger partial charge in [0.2, 0.25) is 12.7 Å². The normalized spacial score (nSPS) is 16.8. The fraction of sp³-hybridized carbons (Fsp3) is 0.467. The van der Waals surface area contributed by atoms with Gasteiger partial charge in [-0.3, -0.25) is 9.59 Å². The number of fused-ring (bicyclic) bond motifs is 1. The van der Waals surface area contributed by atoms with Crippen molar-refractivity contribution in [2.24, 2.45) is 5.73 Å². The summed E-state index contributed by atoms with van der Waals surface area (Å²) in [7, 11) is 1.49. The highest BCUT2D eigenvalue weighted by Gasteiger charge is 2.29. The van der Waals surface area contributed by atoms with Crippen LogP contribution in [0.15, 0.2) is 18.2 Å². The summed E-state index contributed by atoms with van der Waals surface area (Å²) in [4.78, 5) is 25.8. The maximum atomic E-state index is 12.5. The minimum absolute atomic E-state index is 0.129. The van der Waals surface area contributed by atoms with Gasteiger partial charge < -0.3 is 25.2 Å². The molecule has 0 spiro atoms. The molecule has 1 aromatic carbocycles. The first kappa shape index (κ1) is 16.3. The van der Waals surface area contributed by atoms with Crippen LogP contribution in [0.3, 0.4) is 0 Å². The molecule has 2 rings (SSSR count). The molecule has 1 heterocycles. The molecular formula is C15H20N2O5. The smallest absolute Gasteiger partial charge is 0.242 e. The average Bonchev–Trinajstić information content (AvgIpc) is 2.98. The molecule has 0 radical (unpaired) electrons. The number of hydrogen-bond acceptors (Lipinski definition) is 6. The van der Waals surface area contributed by atoms with E-state index in [1.165, 1.54) is 18.9 Å². The van der Waals surface area contributed by atoms with E-state index in [4.69, 9.17) is 15.2 Å². The summed E-state index contributed by atoms with van der Waals surface area (Å²) in [5.41, 5.74) is 6.04. The molecule has 0 bridgehead atoms. The number of ether oxygens (including phenoxy) is 2. The maximum Gasteiger partial charge on any atom is 0.242 e. The van der Waals surface area contributed by atoms with Crippen molar-refractivity contribution >= 4 is 11.7 Å². The lowest BCUT2D eigenvalue weighted by molar-refractivity contribution is -0.134. The molecule has 7 heteroatoms. The number of nitrogens with zero attached hydrogens (tertiary/aromatic N) is 1. The van der Waals surface area contributed by atoms with E-state index in [-0.39, 0.29) is 12.6 Å². The average molecular weight is 308 g/mol. The molecule has 3 atom stereocenters. The lowest BCUT2D eigenvalue weighted by Crippen LogP contribution is -2.52. The molecule has 3 N–H and O–H groups in total. The summed E-state index contributed by atoms with van der Waals surface area (Å²) in [6.07, 6.45) is -0.984. The summed E-state index contributed by atoms with van der Waals surface area (Å²) < 4.78 is 10.4. The van der Waals surface area contributed by atoms with Crippen LogP contribution in [0, 0.1) is 0 Å². The van der Waals surface area contributed by atoms with E-state index in [9.17, 15) is 14.7 Å². The molecule has 0 fully saturated rings. The Hall–Kier alpha value is -2.12. The highest BCUT2D eigenvalue weighted by molar-refractivity contribution is 6.02. The Morgan fingerprint density at radius 1 is 1.27 bits per heavy atom. The highest BCUT2D eigenvalue weighted by Crippen LogP contribution is 2.32. The van der Waals surface area contributed by atoms with E-state index < -0.39 is 24.1 Å². The standard InChI is InChI=1S/C15H20N2O5/c1-8(17(3)15(20)13(16)9(2)18)14(19)10-4-5-11-12(6-10)22-7-21-11/h4-6,8-9,13,18H,7,16H2,1-3H3/t8?,9-,13+/m1/s1. The van der Waals surface area contributed by atoms with Crippen LogP contribution in [-0.2, 0) is 4.79 Å². The van der Waals surface area contributed by atoms with Gasteiger partial charge in [-0.1, -0.05) is 0 Å². The number of likely N-dealkylation sites (N-methyl/N-ethyl adjacent to an activating group) is 1. The van der Waals surface area contributed by atoms with Gasteiger partial charge in [0.15, 0.2) is 17.3 Å². The van der Waals surface area contributed by atoms with E-state index in [2.05, 4.69) is 0 Å².